The molecule has 1 aromatic carbocycles. The minimum absolute atomic E-state index is 0.102. The minimum Gasteiger partial charge on any atom is -0.300 e. The van der Waals surface area contributed by atoms with Gasteiger partial charge in [-0.25, -0.2) is 12.7 Å². The average Bonchev–Trinajstić information content (AvgIpc) is 3.20. The number of piperidine rings is 1. The van der Waals surface area contributed by atoms with Crippen LogP contribution in [0.4, 0.5) is 5.13 Å². The Morgan fingerprint density at radius 3 is 2.87 bits per heavy atom. The second-order valence-corrected chi connectivity index (χ2v) is 11.7. The lowest BCUT2D eigenvalue weighted by Gasteiger charge is -2.31. The van der Waals surface area contributed by atoms with Crippen molar-refractivity contribution in [2.45, 2.75) is 43.4 Å². The van der Waals surface area contributed by atoms with Gasteiger partial charge in [0.05, 0.1) is 11.7 Å². The summed E-state index contributed by atoms with van der Waals surface area (Å²) in [5.74, 6) is 0.521. The van der Waals surface area contributed by atoms with Gasteiger partial charge in [-0.1, -0.05) is 60.4 Å². The molecule has 164 valence electrons. The van der Waals surface area contributed by atoms with Gasteiger partial charge >= 0.3 is 0 Å². The van der Waals surface area contributed by atoms with E-state index in [4.69, 9.17) is 0 Å². The van der Waals surface area contributed by atoms with E-state index in [-0.39, 0.29) is 24.1 Å². The van der Waals surface area contributed by atoms with E-state index in [1.807, 2.05) is 30.3 Å². The zero-order valence-corrected chi connectivity index (χ0v) is 19.6. The molecule has 1 fully saturated rings. The summed E-state index contributed by atoms with van der Waals surface area (Å²) in [6, 6.07) is 9.88. The molecule has 1 atom stereocenters. The molecule has 1 amide bonds. The maximum absolute atomic E-state index is 12.8. The van der Waals surface area contributed by atoms with Gasteiger partial charge in [0.2, 0.25) is 21.1 Å². The molecule has 7 nitrogen and oxygen atoms in total. The Labute approximate surface area is 186 Å². The number of thioether (sulfide) groups is 1. The number of carbonyl (C=O) groups is 1. The Kier molecular flexibility index (Phi) is 8.67. The molecular weight excluding hydrogens is 440 g/mol. The van der Waals surface area contributed by atoms with Crippen LogP contribution in [0.15, 0.2) is 34.7 Å². The van der Waals surface area contributed by atoms with Crippen LogP contribution in [0.5, 0.6) is 0 Å². The largest absolute Gasteiger partial charge is 0.300 e. The molecule has 0 bridgehead atoms. The predicted molar refractivity (Wildman–Crippen MR) is 122 cm³/mol. The van der Waals surface area contributed by atoms with Gasteiger partial charge in [-0.05, 0) is 37.7 Å². The van der Waals surface area contributed by atoms with Crippen molar-refractivity contribution in [3.63, 3.8) is 0 Å². The van der Waals surface area contributed by atoms with Gasteiger partial charge < -0.3 is 5.32 Å². The number of nitrogens with one attached hydrogen (secondary N) is 1. The van der Waals surface area contributed by atoms with Gasteiger partial charge in [0.1, 0.15) is 0 Å². The number of aromatic nitrogens is 2. The third kappa shape index (κ3) is 6.76. The minimum atomic E-state index is -3.37. The molecule has 2 aromatic rings. The first kappa shape index (κ1) is 23.2. The second-order valence-electron chi connectivity index (χ2n) is 7.31. The van der Waals surface area contributed by atoms with Crippen LogP contribution in [0.3, 0.4) is 0 Å². The maximum atomic E-state index is 12.8. The Bertz CT molecular complexity index is 918. The van der Waals surface area contributed by atoms with E-state index in [0.717, 1.165) is 28.5 Å². The standard InChI is InChI=1S/C20H28N4O3S3/c1-2-13-28-20-23-22-19(29-20)21-18(25)17-11-6-12-24(15-17)30(26,27)14-7-10-16-8-4-3-5-9-16/h3-5,8-9,17H,2,6-7,10-15H2,1H3,(H,21,22,25). The summed E-state index contributed by atoms with van der Waals surface area (Å²) in [5, 5.41) is 11.4. The van der Waals surface area contributed by atoms with Crippen molar-refractivity contribution in [2.75, 3.05) is 29.9 Å². The van der Waals surface area contributed by atoms with Crippen molar-refractivity contribution in [3.05, 3.63) is 35.9 Å². The Balaban J connectivity index is 1.50. The van der Waals surface area contributed by atoms with Crippen LogP contribution in [-0.2, 0) is 21.2 Å². The number of nitrogens with zero attached hydrogens (tertiary/aromatic N) is 3. The molecule has 0 aliphatic carbocycles. The van der Waals surface area contributed by atoms with Crippen molar-refractivity contribution < 1.29 is 13.2 Å². The number of hydrogen-bond donors (Lipinski definition) is 1. The summed E-state index contributed by atoms with van der Waals surface area (Å²) in [7, 11) is -3.37. The van der Waals surface area contributed by atoms with Crippen molar-refractivity contribution in [1.82, 2.24) is 14.5 Å². The zero-order valence-electron chi connectivity index (χ0n) is 17.1. The number of benzene rings is 1. The maximum Gasteiger partial charge on any atom is 0.230 e. The number of amides is 1. The fourth-order valence-electron chi connectivity index (χ4n) is 3.36. The highest BCUT2D eigenvalue weighted by Crippen LogP contribution is 2.27. The first-order valence-corrected chi connectivity index (χ1v) is 13.7. The van der Waals surface area contributed by atoms with Gasteiger partial charge in [-0.2, -0.15) is 0 Å². The highest BCUT2D eigenvalue weighted by Gasteiger charge is 2.32. The smallest absolute Gasteiger partial charge is 0.230 e. The number of rotatable bonds is 10. The first-order valence-electron chi connectivity index (χ1n) is 10.3. The van der Waals surface area contributed by atoms with Gasteiger partial charge in [-0.3, -0.25) is 4.79 Å². The quantitative estimate of drug-likeness (QED) is 0.423. The van der Waals surface area contributed by atoms with Gasteiger partial charge in [-0.15, -0.1) is 10.2 Å². The van der Waals surface area contributed by atoms with E-state index in [9.17, 15) is 13.2 Å². The molecule has 0 saturated carbocycles. The lowest BCUT2D eigenvalue weighted by Crippen LogP contribution is -2.44. The number of sulfonamides is 1. The highest BCUT2D eigenvalue weighted by molar-refractivity contribution is 8.01. The molecule has 30 heavy (non-hydrogen) atoms. The first-order chi connectivity index (χ1) is 14.5. The summed E-state index contributed by atoms with van der Waals surface area (Å²) in [4.78, 5) is 12.7. The van der Waals surface area contributed by atoms with Gasteiger partial charge in [0, 0.05) is 18.8 Å². The van der Waals surface area contributed by atoms with E-state index in [1.165, 1.54) is 15.6 Å². The van der Waals surface area contributed by atoms with Crippen molar-refractivity contribution in [2.24, 2.45) is 5.92 Å². The van der Waals surface area contributed by atoms with E-state index in [0.29, 0.717) is 30.9 Å². The topological polar surface area (TPSA) is 92.3 Å². The molecule has 0 spiro atoms. The van der Waals surface area contributed by atoms with E-state index in [1.54, 1.807) is 11.8 Å². The van der Waals surface area contributed by atoms with E-state index in [2.05, 4.69) is 22.4 Å². The van der Waals surface area contributed by atoms with Gasteiger partial charge in [0.25, 0.3) is 0 Å². The lowest BCUT2D eigenvalue weighted by atomic mass is 9.99. The molecule has 0 radical (unpaired) electrons. The summed E-state index contributed by atoms with van der Waals surface area (Å²) in [6.07, 6.45) is 3.71. The summed E-state index contributed by atoms with van der Waals surface area (Å²) in [6.45, 7) is 2.81. The molecule has 1 aliphatic rings. The highest BCUT2D eigenvalue weighted by atomic mass is 32.2. The molecular formula is C20H28N4O3S3. The number of hydrogen-bond acceptors (Lipinski definition) is 7. The predicted octanol–water partition coefficient (Wildman–Crippen LogP) is 3.65. The van der Waals surface area contributed by atoms with Crippen molar-refractivity contribution in [3.8, 4) is 0 Å². The molecule has 10 heteroatoms. The van der Waals surface area contributed by atoms with Crippen LogP contribution in [0, 0.1) is 5.92 Å². The van der Waals surface area contributed by atoms with Crippen LogP contribution >= 0.6 is 23.1 Å². The summed E-state index contributed by atoms with van der Waals surface area (Å²) in [5.41, 5.74) is 1.14. The zero-order chi connectivity index (χ0) is 21.4. The van der Waals surface area contributed by atoms with Crippen molar-refractivity contribution >= 4 is 44.2 Å². The normalized spacial score (nSPS) is 17.7. The second kappa shape index (κ2) is 11.2. The van der Waals surface area contributed by atoms with Crippen LogP contribution < -0.4 is 5.32 Å². The molecule has 2 heterocycles. The van der Waals surface area contributed by atoms with Crippen LogP contribution in [0.1, 0.15) is 38.2 Å². The summed E-state index contributed by atoms with van der Waals surface area (Å²) < 4.78 is 27.9. The molecule has 1 unspecified atom stereocenters. The average molecular weight is 469 g/mol. The van der Waals surface area contributed by atoms with E-state index < -0.39 is 10.0 Å². The fourth-order valence-corrected chi connectivity index (χ4v) is 6.62. The SMILES string of the molecule is CCCSc1nnc(NC(=O)C2CCCN(S(=O)(=O)CCCc3ccccc3)C2)s1. The van der Waals surface area contributed by atoms with Crippen molar-refractivity contribution in [1.29, 1.82) is 0 Å². The molecule has 1 saturated heterocycles. The van der Waals surface area contributed by atoms with E-state index >= 15 is 0 Å². The fraction of sp³-hybridized carbons (Fsp3) is 0.550. The molecule has 1 aromatic heterocycles. The lowest BCUT2D eigenvalue weighted by molar-refractivity contribution is -0.120. The number of carbonyl (C=O) groups excluding carboxylic acids is 1. The summed E-state index contributed by atoms with van der Waals surface area (Å²) >= 11 is 2.98. The Hall–Kier alpha value is -1.49. The number of aryl methyl sites for hydroxylation is 1. The monoisotopic (exact) mass is 468 g/mol. The molecule has 1 N–H and O–H groups in total. The van der Waals surface area contributed by atoms with Crippen LogP contribution in [-0.4, -0.2) is 53.4 Å². The number of anilines is 1. The Morgan fingerprint density at radius 2 is 2.10 bits per heavy atom. The molecule has 3 rings (SSSR count). The Morgan fingerprint density at radius 1 is 1.30 bits per heavy atom. The van der Waals surface area contributed by atoms with Gasteiger partial charge in [0.15, 0.2) is 4.34 Å². The van der Waals surface area contributed by atoms with Crippen LogP contribution in [0.2, 0.25) is 0 Å². The third-order valence-electron chi connectivity index (χ3n) is 4.93. The van der Waals surface area contributed by atoms with Crippen LogP contribution in [0.25, 0.3) is 0 Å². The third-order valence-corrected chi connectivity index (χ3v) is 9.03. The molecule has 1 aliphatic heterocycles.